The highest BCUT2D eigenvalue weighted by atomic mass is 32.1. The van der Waals surface area contributed by atoms with Crippen molar-refractivity contribution in [3.05, 3.63) is 22.4 Å². The third kappa shape index (κ3) is 2.41. The fourth-order valence-electron chi connectivity index (χ4n) is 1.59. The number of ketones is 1. The summed E-state index contributed by atoms with van der Waals surface area (Å²) in [6.07, 6.45) is 1.12. The van der Waals surface area contributed by atoms with Gasteiger partial charge in [-0.2, -0.15) is 0 Å². The molecule has 1 saturated heterocycles. The van der Waals surface area contributed by atoms with Crippen LogP contribution in [0.15, 0.2) is 17.5 Å². The van der Waals surface area contributed by atoms with E-state index in [1.807, 2.05) is 17.5 Å². The van der Waals surface area contributed by atoms with Gasteiger partial charge >= 0.3 is 0 Å². The van der Waals surface area contributed by atoms with Gasteiger partial charge in [-0.3, -0.25) is 4.79 Å². The maximum Gasteiger partial charge on any atom is 0.186 e. The van der Waals surface area contributed by atoms with Crippen LogP contribution in [0.4, 0.5) is 0 Å². The molecule has 1 aromatic heterocycles. The normalized spacial score (nSPS) is 21.3. The molecule has 0 saturated carbocycles. The third-order valence-corrected chi connectivity index (χ3v) is 3.32. The Morgan fingerprint density at radius 2 is 2.64 bits per heavy atom. The molecule has 2 heterocycles. The van der Waals surface area contributed by atoms with Crippen LogP contribution in [0, 0.1) is 0 Å². The molecule has 0 bridgehead atoms. The van der Waals surface area contributed by atoms with Crippen LogP contribution in [0.5, 0.6) is 0 Å². The van der Waals surface area contributed by atoms with Gasteiger partial charge in [0.25, 0.3) is 0 Å². The molecule has 76 valence electrons. The second-order valence-electron chi connectivity index (χ2n) is 3.47. The Bertz CT molecular complexity index is 291. The summed E-state index contributed by atoms with van der Waals surface area (Å²) in [5.74, 6) is 0.201. The predicted octanol–water partition coefficient (Wildman–Crippen LogP) is 0.882. The van der Waals surface area contributed by atoms with Gasteiger partial charge in [-0.15, -0.1) is 11.3 Å². The van der Waals surface area contributed by atoms with E-state index >= 15 is 0 Å². The topological polar surface area (TPSA) is 41.1 Å². The average molecular weight is 210 g/mol. The van der Waals surface area contributed by atoms with Gasteiger partial charge in [0.1, 0.15) is 0 Å². The maximum absolute atomic E-state index is 11.6. The number of carbonyl (C=O) groups excluding carboxylic acids is 1. The summed E-state index contributed by atoms with van der Waals surface area (Å²) in [4.78, 5) is 12.4. The first-order valence-electron chi connectivity index (χ1n) is 4.87. The molecule has 0 spiro atoms. The maximum atomic E-state index is 11.6. The van der Waals surface area contributed by atoms with E-state index in [0.717, 1.165) is 24.4 Å². The largest absolute Gasteiger partial charge is 0.315 e. The zero-order chi connectivity index (χ0) is 9.80. The SMILES string of the molecule is O=C(CN[C@@H]1CCNC1)c1cccs1. The molecule has 0 aromatic carbocycles. The van der Waals surface area contributed by atoms with Gasteiger partial charge in [-0.25, -0.2) is 0 Å². The van der Waals surface area contributed by atoms with Crippen molar-refractivity contribution in [3.63, 3.8) is 0 Å². The van der Waals surface area contributed by atoms with Crippen LogP contribution in [0.3, 0.4) is 0 Å². The quantitative estimate of drug-likeness (QED) is 0.725. The number of thiophene rings is 1. The predicted molar refractivity (Wildman–Crippen MR) is 57.9 cm³/mol. The third-order valence-electron chi connectivity index (χ3n) is 2.41. The van der Waals surface area contributed by atoms with E-state index in [1.165, 1.54) is 11.3 Å². The lowest BCUT2D eigenvalue weighted by molar-refractivity contribution is 0.0992. The van der Waals surface area contributed by atoms with E-state index in [1.54, 1.807) is 0 Å². The summed E-state index contributed by atoms with van der Waals surface area (Å²) < 4.78 is 0. The van der Waals surface area contributed by atoms with E-state index < -0.39 is 0 Å². The number of nitrogens with one attached hydrogen (secondary N) is 2. The van der Waals surface area contributed by atoms with Crippen LogP contribution in [-0.4, -0.2) is 31.5 Å². The summed E-state index contributed by atoms with van der Waals surface area (Å²) in [6, 6.07) is 4.26. The van der Waals surface area contributed by atoms with Crippen molar-refractivity contribution in [2.75, 3.05) is 19.6 Å². The average Bonchev–Trinajstić information content (AvgIpc) is 2.87. The molecule has 1 aliphatic heterocycles. The van der Waals surface area contributed by atoms with Crippen LogP contribution >= 0.6 is 11.3 Å². The van der Waals surface area contributed by atoms with E-state index in [0.29, 0.717) is 12.6 Å². The number of rotatable bonds is 4. The molecule has 3 nitrogen and oxygen atoms in total. The molecule has 1 aliphatic rings. The lowest BCUT2D eigenvalue weighted by atomic mass is 10.2. The summed E-state index contributed by atoms with van der Waals surface area (Å²) in [6.45, 7) is 2.51. The molecule has 1 atom stereocenters. The van der Waals surface area contributed by atoms with Gasteiger partial charge in [-0.05, 0) is 24.4 Å². The Morgan fingerprint density at radius 1 is 1.71 bits per heavy atom. The van der Waals surface area contributed by atoms with Gasteiger partial charge in [0.2, 0.25) is 0 Å². The highest BCUT2D eigenvalue weighted by molar-refractivity contribution is 7.12. The van der Waals surface area contributed by atoms with Gasteiger partial charge in [0.15, 0.2) is 5.78 Å². The molecule has 0 amide bonds. The number of carbonyl (C=O) groups is 1. The number of hydrogen-bond acceptors (Lipinski definition) is 4. The first kappa shape index (κ1) is 9.83. The van der Waals surface area contributed by atoms with Crippen LogP contribution in [0.1, 0.15) is 16.1 Å². The Hall–Kier alpha value is -0.710. The standard InChI is InChI=1S/C10H14N2OS/c13-9(10-2-1-5-14-10)7-12-8-3-4-11-6-8/h1-2,5,8,11-12H,3-4,6-7H2/t8-/m1/s1. The fraction of sp³-hybridized carbons (Fsp3) is 0.500. The molecule has 0 aliphatic carbocycles. The molecular formula is C10H14N2OS. The first-order valence-corrected chi connectivity index (χ1v) is 5.75. The minimum Gasteiger partial charge on any atom is -0.315 e. The summed E-state index contributed by atoms with van der Waals surface area (Å²) in [5, 5.41) is 8.46. The molecule has 0 unspecified atom stereocenters. The van der Waals surface area contributed by atoms with Crippen molar-refractivity contribution in [3.8, 4) is 0 Å². The van der Waals surface area contributed by atoms with Crippen LogP contribution in [0.2, 0.25) is 0 Å². The van der Waals surface area contributed by atoms with E-state index in [9.17, 15) is 4.79 Å². The van der Waals surface area contributed by atoms with Crippen LogP contribution < -0.4 is 10.6 Å². The molecule has 4 heteroatoms. The van der Waals surface area contributed by atoms with Crippen molar-refractivity contribution in [1.29, 1.82) is 0 Å². The van der Waals surface area contributed by atoms with Gasteiger partial charge in [-0.1, -0.05) is 6.07 Å². The Labute approximate surface area is 87.5 Å². The minimum absolute atomic E-state index is 0.201. The second kappa shape index (κ2) is 4.68. The first-order chi connectivity index (χ1) is 6.86. The molecule has 0 radical (unpaired) electrons. The molecule has 14 heavy (non-hydrogen) atoms. The molecular weight excluding hydrogens is 196 g/mol. The number of Topliss-reactive ketones (excluding diaryl/α,β-unsaturated/α-hetero) is 1. The molecule has 1 aromatic rings. The van der Waals surface area contributed by atoms with Gasteiger partial charge < -0.3 is 10.6 Å². The molecule has 1 fully saturated rings. The highest BCUT2D eigenvalue weighted by Gasteiger charge is 2.15. The number of hydrogen-bond donors (Lipinski definition) is 2. The zero-order valence-corrected chi connectivity index (χ0v) is 8.77. The van der Waals surface area contributed by atoms with Gasteiger partial charge in [0.05, 0.1) is 11.4 Å². The van der Waals surface area contributed by atoms with E-state index in [-0.39, 0.29) is 5.78 Å². The van der Waals surface area contributed by atoms with E-state index in [2.05, 4.69) is 10.6 Å². The summed E-state index contributed by atoms with van der Waals surface area (Å²) >= 11 is 1.51. The Morgan fingerprint density at radius 3 is 3.29 bits per heavy atom. The van der Waals surface area contributed by atoms with Crippen molar-refractivity contribution >= 4 is 17.1 Å². The van der Waals surface area contributed by atoms with E-state index in [4.69, 9.17) is 0 Å². The molecule has 2 N–H and O–H groups in total. The summed E-state index contributed by atoms with van der Waals surface area (Å²) in [5.41, 5.74) is 0. The fourth-order valence-corrected chi connectivity index (χ4v) is 2.25. The monoisotopic (exact) mass is 210 g/mol. The van der Waals surface area contributed by atoms with Crippen molar-refractivity contribution in [1.82, 2.24) is 10.6 Å². The highest BCUT2D eigenvalue weighted by Crippen LogP contribution is 2.08. The van der Waals surface area contributed by atoms with Crippen molar-refractivity contribution in [2.24, 2.45) is 0 Å². The van der Waals surface area contributed by atoms with Gasteiger partial charge in [0, 0.05) is 12.6 Å². The molecule has 2 rings (SSSR count). The second-order valence-corrected chi connectivity index (χ2v) is 4.42. The lowest BCUT2D eigenvalue weighted by Crippen LogP contribution is -2.34. The lowest BCUT2D eigenvalue weighted by Gasteiger charge is -2.09. The van der Waals surface area contributed by atoms with Crippen LogP contribution in [-0.2, 0) is 0 Å². The Balaban J connectivity index is 1.78. The Kier molecular flexibility index (Phi) is 3.29. The smallest absolute Gasteiger partial charge is 0.186 e. The van der Waals surface area contributed by atoms with Crippen molar-refractivity contribution < 1.29 is 4.79 Å². The van der Waals surface area contributed by atoms with Crippen LogP contribution in [0.25, 0.3) is 0 Å². The zero-order valence-electron chi connectivity index (χ0n) is 7.95. The summed E-state index contributed by atoms with van der Waals surface area (Å²) in [7, 11) is 0. The van der Waals surface area contributed by atoms with Crippen molar-refractivity contribution in [2.45, 2.75) is 12.5 Å². The minimum atomic E-state index is 0.201.